The Balaban J connectivity index is 1.93. The first kappa shape index (κ1) is 10.4. The minimum Gasteiger partial charge on any atom is -0.359 e. The molecule has 94 valence electrons. The summed E-state index contributed by atoms with van der Waals surface area (Å²) in [5.74, 6) is 0. The van der Waals surface area contributed by atoms with Crippen molar-refractivity contribution in [2.45, 2.75) is 11.2 Å². The van der Waals surface area contributed by atoms with Gasteiger partial charge in [0.25, 0.3) is 0 Å². The smallest absolute Gasteiger partial charge is 0.144 e. The average Bonchev–Trinajstić information content (AvgIpc) is 3.33. The Morgan fingerprint density at radius 3 is 2.00 bits per heavy atom. The van der Waals surface area contributed by atoms with Gasteiger partial charge in [-0.1, -0.05) is 48.0 Å². The van der Waals surface area contributed by atoms with Crippen LogP contribution >= 0.6 is 11.6 Å². The Kier molecular flexibility index (Phi) is 1.67. The van der Waals surface area contributed by atoms with Crippen molar-refractivity contribution in [3.05, 3.63) is 69.7 Å². The molecule has 2 aliphatic heterocycles. The van der Waals surface area contributed by atoms with Crippen molar-refractivity contribution in [2.75, 3.05) is 13.2 Å². The Labute approximate surface area is 115 Å². The molecule has 2 aromatic carbocycles. The maximum absolute atomic E-state index is 6.45. The van der Waals surface area contributed by atoms with Crippen molar-refractivity contribution in [2.24, 2.45) is 0 Å². The molecule has 0 aromatic heterocycles. The molecule has 3 heteroatoms. The summed E-state index contributed by atoms with van der Waals surface area (Å²) in [4.78, 5) is 0. The molecule has 0 N–H and O–H groups in total. The van der Waals surface area contributed by atoms with E-state index >= 15 is 0 Å². The second-order valence-corrected chi connectivity index (χ2v) is 5.85. The lowest BCUT2D eigenvalue weighted by Crippen LogP contribution is -2.29. The van der Waals surface area contributed by atoms with Gasteiger partial charge in [-0.2, -0.15) is 0 Å². The van der Waals surface area contributed by atoms with E-state index in [0.29, 0.717) is 6.61 Å². The molecule has 2 aromatic rings. The van der Waals surface area contributed by atoms with Gasteiger partial charge in [-0.05, 0) is 22.8 Å². The summed E-state index contributed by atoms with van der Waals surface area (Å²) < 4.78 is 11.7. The minimum atomic E-state index is -0.332. The molecule has 0 saturated carbocycles. The van der Waals surface area contributed by atoms with Gasteiger partial charge in [-0.3, -0.25) is 0 Å². The van der Waals surface area contributed by atoms with E-state index in [1.807, 2.05) is 12.1 Å². The summed E-state index contributed by atoms with van der Waals surface area (Å²) in [5, 5.41) is 0.777. The number of hydrogen-bond acceptors (Lipinski definition) is 2. The van der Waals surface area contributed by atoms with Crippen LogP contribution in [0.15, 0.2) is 42.5 Å². The first-order chi connectivity index (χ1) is 9.28. The van der Waals surface area contributed by atoms with E-state index in [1.165, 1.54) is 16.7 Å². The summed E-state index contributed by atoms with van der Waals surface area (Å²) in [7, 11) is 0. The van der Waals surface area contributed by atoms with E-state index in [9.17, 15) is 0 Å². The highest BCUT2D eigenvalue weighted by Crippen LogP contribution is 2.62. The van der Waals surface area contributed by atoms with Crippen LogP contribution in [-0.2, 0) is 20.7 Å². The third-order valence-electron chi connectivity index (χ3n) is 4.52. The molecule has 0 radical (unpaired) electrons. The molecular weight excluding hydrogens is 260 g/mol. The van der Waals surface area contributed by atoms with Crippen molar-refractivity contribution < 1.29 is 9.47 Å². The van der Waals surface area contributed by atoms with E-state index in [1.54, 1.807) is 0 Å². The van der Waals surface area contributed by atoms with Gasteiger partial charge in [0.1, 0.15) is 11.2 Å². The first-order valence-corrected chi connectivity index (χ1v) is 6.83. The fourth-order valence-corrected chi connectivity index (χ4v) is 3.82. The van der Waals surface area contributed by atoms with E-state index in [-0.39, 0.29) is 11.2 Å². The predicted molar refractivity (Wildman–Crippen MR) is 71.4 cm³/mol. The van der Waals surface area contributed by atoms with Gasteiger partial charge in [-0.15, -0.1) is 0 Å². The maximum Gasteiger partial charge on any atom is 0.144 e. The molecule has 2 fully saturated rings. The van der Waals surface area contributed by atoms with E-state index in [2.05, 4.69) is 30.3 Å². The number of ether oxygens (including phenoxy) is 2. The Morgan fingerprint density at radius 1 is 0.789 bits per heavy atom. The van der Waals surface area contributed by atoms with Crippen LogP contribution < -0.4 is 0 Å². The number of benzene rings is 2. The summed E-state index contributed by atoms with van der Waals surface area (Å²) >= 11 is 6.45. The van der Waals surface area contributed by atoms with Gasteiger partial charge in [0.05, 0.1) is 13.2 Å². The molecule has 5 rings (SSSR count). The zero-order valence-corrected chi connectivity index (χ0v) is 10.9. The highest BCUT2D eigenvalue weighted by atomic mass is 35.5. The Hall–Kier alpha value is -1.35. The van der Waals surface area contributed by atoms with Gasteiger partial charge in [0, 0.05) is 10.6 Å². The van der Waals surface area contributed by atoms with Crippen LogP contribution in [0.25, 0.3) is 0 Å². The second kappa shape index (κ2) is 3.04. The topological polar surface area (TPSA) is 25.1 Å². The van der Waals surface area contributed by atoms with Crippen LogP contribution in [0.2, 0.25) is 5.02 Å². The zero-order chi connectivity index (χ0) is 12.7. The molecule has 3 aliphatic rings. The summed E-state index contributed by atoms with van der Waals surface area (Å²) in [6.07, 6.45) is 0. The highest BCUT2D eigenvalue weighted by molar-refractivity contribution is 6.31. The molecular formula is C16H11ClO2. The van der Waals surface area contributed by atoms with Crippen LogP contribution in [0.3, 0.4) is 0 Å². The normalized spacial score (nSPS) is 33.1. The van der Waals surface area contributed by atoms with Gasteiger partial charge >= 0.3 is 0 Å². The molecule has 1 aliphatic carbocycles. The lowest BCUT2D eigenvalue weighted by Gasteiger charge is -2.31. The SMILES string of the molecule is Clc1cccc2c1C1(CO1)c1ccccc1C21CO1. The maximum atomic E-state index is 6.45. The highest BCUT2D eigenvalue weighted by Gasteiger charge is 2.63. The monoisotopic (exact) mass is 270 g/mol. The third-order valence-corrected chi connectivity index (χ3v) is 4.83. The fourth-order valence-electron chi connectivity index (χ4n) is 3.49. The van der Waals surface area contributed by atoms with Crippen LogP contribution in [0.1, 0.15) is 22.3 Å². The summed E-state index contributed by atoms with van der Waals surface area (Å²) in [6.45, 7) is 1.43. The molecule has 19 heavy (non-hydrogen) atoms. The van der Waals surface area contributed by atoms with Crippen molar-refractivity contribution in [3.63, 3.8) is 0 Å². The average molecular weight is 271 g/mol. The molecule has 0 bridgehead atoms. The van der Waals surface area contributed by atoms with Crippen molar-refractivity contribution >= 4 is 11.6 Å². The van der Waals surface area contributed by atoms with Crippen LogP contribution in [-0.4, -0.2) is 13.2 Å². The van der Waals surface area contributed by atoms with E-state index in [0.717, 1.165) is 17.2 Å². The Bertz CT molecular complexity index is 714. The Morgan fingerprint density at radius 2 is 1.37 bits per heavy atom. The third kappa shape index (κ3) is 1.08. The number of fused-ring (bicyclic) bond motifs is 6. The van der Waals surface area contributed by atoms with Gasteiger partial charge in [0.15, 0.2) is 0 Å². The lowest BCUT2D eigenvalue weighted by molar-refractivity contribution is 0.303. The van der Waals surface area contributed by atoms with Crippen LogP contribution in [0, 0.1) is 0 Å². The summed E-state index contributed by atoms with van der Waals surface area (Å²) in [6, 6.07) is 14.5. The second-order valence-electron chi connectivity index (χ2n) is 5.44. The standard InChI is InChI=1S/C16H11ClO2/c17-13-7-3-6-12-14(13)16(9-19-16)11-5-2-1-4-10(11)15(12)8-18-15/h1-7H,8-9H2. The predicted octanol–water partition coefficient (Wildman–Crippen LogP) is 3.20. The van der Waals surface area contributed by atoms with Crippen molar-refractivity contribution in [3.8, 4) is 0 Å². The number of hydrogen-bond donors (Lipinski definition) is 0. The molecule has 2 unspecified atom stereocenters. The minimum absolute atomic E-state index is 0.284. The quantitative estimate of drug-likeness (QED) is 0.687. The number of epoxide rings is 2. The van der Waals surface area contributed by atoms with E-state index in [4.69, 9.17) is 21.1 Å². The number of halogens is 1. The molecule has 2 nitrogen and oxygen atoms in total. The van der Waals surface area contributed by atoms with Crippen LogP contribution in [0.5, 0.6) is 0 Å². The van der Waals surface area contributed by atoms with Gasteiger partial charge < -0.3 is 9.47 Å². The van der Waals surface area contributed by atoms with Crippen LogP contribution in [0.4, 0.5) is 0 Å². The molecule has 2 atom stereocenters. The summed E-state index contributed by atoms with van der Waals surface area (Å²) in [5.41, 5.74) is 4.12. The lowest BCUT2D eigenvalue weighted by atomic mass is 9.72. The van der Waals surface area contributed by atoms with Crippen molar-refractivity contribution in [1.82, 2.24) is 0 Å². The molecule has 2 saturated heterocycles. The largest absolute Gasteiger partial charge is 0.359 e. The molecule has 2 heterocycles. The zero-order valence-electron chi connectivity index (χ0n) is 10.2. The molecule has 2 spiro atoms. The fraction of sp³-hybridized carbons (Fsp3) is 0.250. The molecule has 0 amide bonds. The van der Waals surface area contributed by atoms with Crippen molar-refractivity contribution in [1.29, 1.82) is 0 Å². The van der Waals surface area contributed by atoms with Gasteiger partial charge in [0.2, 0.25) is 0 Å². The van der Waals surface area contributed by atoms with E-state index < -0.39 is 0 Å². The van der Waals surface area contributed by atoms with Gasteiger partial charge in [-0.25, -0.2) is 0 Å². The number of rotatable bonds is 0. The first-order valence-electron chi connectivity index (χ1n) is 6.45.